The van der Waals surface area contributed by atoms with Gasteiger partial charge in [0, 0.05) is 71.6 Å². The van der Waals surface area contributed by atoms with E-state index in [4.69, 9.17) is 4.42 Å². The first-order valence-electron chi connectivity index (χ1n) is 26.6. The van der Waals surface area contributed by atoms with Crippen LogP contribution in [-0.4, -0.2) is 9.13 Å². The van der Waals surface area contributed by atoms with Crippen LogP contribution in [0.4, 0.5) is 17.1 Å². The van der Waals surface area contributed by atoms with Crippen LogP contribution in [0.2, 0.25) is 0 Å². The van der Waals surface area contributed by atoms with Crippen LogP contribution in [-0.2, 0) is 10.8 Å². The van der Waals surface area contributed by atoms with E-state index in [1.54, 1.807) is 0 Å². The Balaban J connectivity index is 0.857. The highest BCUT2D eigenvalue weighted by Gasteiger charge is 2.38. The fourth-order valence-electron chi connectivity index (χ4n) is 13.6. The summed E-state index contributed by atoms with van der Waals surface area (Å²) in [6.45, 7) is 9.54. The molecule has 0 atom stereocenters. The first-order valence-corrected chi connectivity index (χ1v) is 26.6. The van der Waals surface area contributed by atoms with Crippen LogP contribution >= 0.6 is 0 Å². The van der Waals surface area contributed by atoms with Crippen molar-refractivity contribution in [3.63, 3.8) is 0 Å². The second-order valence-electron chi connectivity index (χ2n) is 22.1. The van der Waals surface area contributed by atoms with Gasteiger partial charge in [0.25, 0.3) is 0 Å². The summed E-state index contributed by atoms with van der Waals surface area (Å²) in [7, 11) is 0. The quantitative estimate of drug-likeness (QED) is 0.166. The number of fused-ring (bicyclic) bond motifs is 17. The number of furan rings is 1. The number of rotatable bonds is 6. The topological polar surface area (TPSA) is 26.2 Å². The van der Waals surface area contributed by atoms with Gasteiger partial charge in [-0.1, -0.05) is 179 Å². The smallest absolute Gasteiger partial charge is 0.160 e. The average molecular weight is 974 g/mol. The van der Waals surface area contributed by atoms with E-state index in [0.717, 1.165) is 72.4 Å². The molecule has 2 aliphatic rings. The largest absolute Gasteiger partial charge is 0.452 e. The molecule has 0 spiro atoms. The molecule has 4 heteroatoms. The third-order valence-corrected chi connectivity index (χ3v) is 17.3. The third-order valence-electron chi connectivity index (χ3n) is 17.3. The van der Waals surface area contributed by atoms with Crippen molar-refractivity contribution >= 4 is 82.6 Å². The Kier molecular flexibility index (Phi) is 8.83. The second kappa shape index (κ2) is 15.6. The number of hydrogen-bond acceptors (Lipinski definition) is 2. The number of hydrogen-bond donors (Lipinski definition) is 0. The Morgan fingerprint density at radius 1 is 0.316 bits per heavy atom. The number of aromatic nitrogens is 2. The second-order valence-corrected chi connectivity index (χ2v) is 22.1. The summed E-state index contributed by atoms with van der Waals surface area (Å²) in [5.74, 6) is 0. The molecular formula is C72H51N3O. The van der Waals surface area contributed by atoms with Crippen molar-refractivity contribution in [3.8, 4) is 44.8 Å². The van der Waals surface area contributed by atoms with Gasteiger partial charge in [0.15, 0.2) is 11.2 Å². The van der Waals surface area contributed by atoms with Crippen molar-refractivity contribution in [3.05, 3.63) is 259 Å². The molecule has 0 aliphatic heterocycles. The summed E-state index contributed by atoms with van der Waals surface area (Å²) >= 11 is 0. The van der Waals surface area contributed by atoms with E-state index in [9.17, 15) is 0 Å². The molecule has 14 aromatic rings. The van der Waals surface area contributed by atoms with E-state index in [1.165, 1.54) is 77.2 Å². The van der Waals surface area contributed by atoms with Gasteiger partial charge >= 0.3 is 0 Å². The fraction of sp³-hybridized carbons (Fsp3) is 0.0833. The molecule has 3 aromatic heterocycles. The molecule has 4 nitrogen and oxygen atoms in total. The van der Waals surface area contributed by atoms with Crippen LogP contribution in [0.15, 0.2) is 241 Å². The number of benzene rings is 11. The Bertz CT molecular complexity index is 4740. The lowest BCUT2D eigenvalue weighted by molar-refractivity contribution is 0.659. The maximum Gasteiger partial charge on any atom is 0.160 e. The van der Waals surface area contributed by atoms with E-state index in [2.05, 4.69) is 278 Å². The molecule has 0 amide bonds. The van der Waals surface area contributed by atoms with Crippen LogP contribution in [0.25, 0.3) is 110 Å². The Morgan fingerprint density at radius 2 is 0.750 bits per heavy atom. The molecule has 0 N–H and O–H groups in total. The summed E-state index contributed by atoms with van der Waals surface area (Å²) in [6.07, 6.45) is 0. The van der Waals surface area contributed by atoms with Gasteiger partial charge in [0.05, 0.1) is 22.1 Å². The van der Waals surface area contributed by atoms with Gasteiger partial charge in [-0.15, -0.1) is 0 Å². The first-order chi connectivity index (χ1) is 37.2. The van der Waals surface area contributed by atoms with Crippen molar-refractivity contribution < 1.29 is 4.42 Å². The van der Waals surface area contributed by atoms with Gasteiger partial charge in [-0.25, -0.2) is 0 Å². The summed E-state index contributed by atoms with van der Waals surface area (Å²) in [5.41, 5.74) is 24.4. The average Bonchev–Trinajstić information content (AvgIpc) is 4.40. The predicted octanol–water partition coefficient (Wildman–Crippen LogP) is 19.5. The SMILES string of the molecule is CC1(C)c2ccccc2-c2ccc(N(c3ccc(-c4ccccc4)cc3)c3ccc4c(c3)C(C)(C)c3cc(-n5c6ccccc6c6ccc7c8ccc9c%10ccccc%10n(-c%10ccccc%10)c9c8oc7c65)ccc3-4)cc21. The van der Waals surface area contributed by atoms with E-state index in [-0.39, 0.29) is 10.8 Å². The zero-order chi connectivity index (χ0) is 50.6. The summed E-state index contributed by atoms with van der Waals surface area (Å²) in [4.78, 5) is 2.46. The van der Waals surface area contributed by atoms with Crippen molar-refractivity contribution in [2.45, 2.75) is 38.5 Å². The third kappa shape index (κ3) is 5.90. The molecule has 16 rings (SSSR count). The maximum absolute atomic E-state index is 7.39. The summed E-state index contributed by atoms with van der Waals surface area (Å²) in [5, 5.41) is 6.98. The minimum Gasteiger partial charge on any atom is -0.452 e. The van der Waals surface area contributed by atoms with Crippen LogP contribution in [0.3, 0.4) is 0 Å². The highest BCUT2D eigenvalue weighted by molar-refractivity contribution is 6.26. The fourth-order valence-corrected chi connectivity index (χ4v) is 13.6. The van der Waals surface area contributed by atoms with E-state index in [0.29, 0.717) is 0 Å². The molecule has 3 heterocycles. The molecule has 360 valence electrons. The standard InChI is InChI=1S/C72H51N3O/c1-71(2)61-24-14-11-21-51(61)52-34-31-48(41-62(52)71)73(47-29-27-45(28-30-47)44-17-7-5-8-18-44)49-32-35-53-54-36-33-50(43-64(54)72(3,4)63(53)42-49)75-66-26-16-13-23-56(66)58-38-40-60-59-39-37-57-55-22-12-15-25-65(55)74(46-19-9-6-10-20-46)67(57)69(59)76-70(60)68(58)75/h5-43H,1-4H3. The van der Waals surface area contributed by atoms with Crippen LogP contribution < -0.4 is 4.90 Å². The first kappa shape index (κ1) is 43.1. The van der Waals surface area contributed by atoms with Crippen LogP contribution in [0, 0.1) is 0 Å². The minimum absolute atomic E-state index is 0.132. The van der Waals surface area contributed by atoms with Crippen molar-refractivity contribution in [2.75, 3.05) is 4.90 Å². The Morgan fingerprint density at radius 3 is 1.36 bits per heavy atom. The van der Waals surface area contributed by atoms with Gasteiger partial charge in [0.1, 0.15) is 0 Å². The number of anilines is 3. The Hall–Kier alpha value is -9.38. The zero-order valence-electron chi connectivity index (χ0n) is 42.8. The molecule has 0 fully saturated rings. The molecule has 0 saturated heterocycles. The van der Waals surface area contributed by atoms with Gasteiger partial charge < -0.3 is 18.5 Å². The van der Waals surface area contributed by atoms with Gasteiger partial charge in [-0.05, 0) is 141 Å². The van der Waals surface area contributed by atoms with E-state index >= 15 is 0 Å². The lowest BCUT2D eigenvalue weighted by Crippen LogP contribution is -2.18. The summed E-state index contributed by atoms with van der Waals surface area (Å²) in [6, 6.07) is 87.4. The summed E-state index contributed by atoms with van der Waals surface area (Å²) < 4.78 is 12.2. The lowest BCUT2D eigenvalue weighted by Gasteiger charge is -2.30. The molecule has 11 aromatic carbocycles. The van der Waals surface area contributed by atoms with Gasteiger partial charge in [-0.2, -0.15) is 0 Å². The predicted molar refractivity (Wildman–Crippen MR) is 318 cm³/mol. The van der Waals surface area contributed by atoms with E-state index in [1.807, 2.05) is 0 Å². The maximum atomic E-state index is 7.39. The number of nitrogens with zero attached hydrogens (tertiary/aromatic N) is 3. The van der Waals surface area contributed by atoms with Crippen molar-refractivity contribution in [1.82, 2.24) is 9.13 Å². The molecule has 2 aliphatic carbocycles. The van der Waals surface area contributed by atoms with Gasteiger partial charge in [-0.3, -0.25) is 0 Å². The van der Waals surface area contributed by atoms with Crippen LogP contribution in [0.5, 0.6) is 0 Å². The van der Waals surface area contributed by atoms with Crippen molar-refractivity contribution in [2.24, 2.45) is 0 Å². The molecule has 76 heavy (non-hydrogen) atoms. The van der Waals surface area contributed by atoms with Crippen LogP contribution in [0.1, 0.15) is 49.9 Å². The number of para-hydroxylation sites is 3. The molecule has 0 radical (unpaired) electrons. The van der Waals surface area contributed by atoms with E-state index < -0.39 is 0 Å². The van der Waals surface area contributed by atoms with Crippen molar-refractivity contribution in [1.29, 1.82) is 0 Å². The highest BCUT2D eigenvalue weighted by atomic mass is 16.3. The monoisotopic (exact) mass is 973 g/mol. The molecular weight excluding hydrogens is 923 g/mol. The molecule has 0 unspecified atom stereocenters. The normalized spacial score (nSPS) is 14.0. The Labute approximate surface area is 440 Å². The zero-order valence-corrected chi connectivity index (χ0v) is 42.8. The van der Waals surface area contributed by atoms with Gasteiger partial charge in [0.2, 0.25) is 0 Å². The molecule has 0 bridgehead atoms. The minimum atomic E-state index is -0.314. The highest BCUT2D eigenvalue weighted by Crippen LogP contribution is 2.54. The molecule has 0 saturated carbocycles. The lowest BCUT2D eigenvalue weighted by atomic mass is 9.82.